The Labute approximate surface area is 202 Å². The van der Waals surface area contributed by atoms with E-state index >= 15 is 0 Å². The van der Waals surface area contributed by atoms with Gasteiger partial charge in [-0.1, -0.05) is 33.8 Å². The molecule has 0 unspecified atom stereocenters. The standard InChI is InChI=1S/C15H7F4.C9H13.C2H6Si.Zr/c16-11-7-12(17)15(19)13(14(11)18)10-6-5-8-3-1-2-4-9(8)10;1-6-5-7(2)9(4)8(6)3;1-3-2;/h1-7H;5H,1-4H3;1-2H3;/q2*-1;;+2. The molecule has 0 saturated carbocycles. The third kappa shape index (κ3) is 6.17. The molecular weight excluding hydrogens is 508 g/mol. The predicted octanol–water partition coefficient (Wildman–Crippen LogP) is 8.21. The molecule has 0 aromatic heterocycles. The summed E-state index contributed by atoms with van der Waals surface area (Å²) < 4.78 is 54.0. The van der Waals surface area contributed by atoms with Crippen molar-refractivity contribution >= 4 is 16.2 Å². The number of halogens is 4. The van der Waals surface area contributed by atoms with E-state index in [-0.39, 0.29) is 17.1 Å². The van der Waals surface area contributed by atoms with E-state index in [4.69, 9.17) is 0 Å². The van der Waals surface area contributed by atoms with Gasteiger partial charge in [0.25, 0.3) is 0 Å². The first-order chi connectivity index (χ1) is 15.0. The van der Waals surface area contributed by atoms with Crippen molar-refractivity contribution in [2.75, 3.05) is 0 Å². The first-order valence-corrected chi connectivity index (χ1v) is 16.3. The van der Waals surface area contributed by atoms with Crippen molar-refractivity contribution in [3.8, 4) is 11.1 Å². The SMILES string of the molecule is C[Si](C)=[Zr+2].Cc1[cH-]c(C)c(C)c1C.Fc1cc(F)c(F)c(-c2c[cH-]c3ccccc23)c1F. The van der Waals surface area contributed by atoms with E-state index in [1.807, 2.05) is 0 Å². The Kier molecular flexibility index (Phi) is 9.41. The van der Waals surface area contributed by atoms with Gasteiger partial charge in [-0.3, -0.25) is 0 Å². The van der Waals surface area contributed by atoms with E-state index in [0.717, 1.165) is 5.39 Å². The zero-order chi connectivity index (χ0) is 24.2. The van der Waals surface area contributed by atoms with Crippen molar-refractivity contribution in [3.05, 3.63) is 94.1 Å². The molecule has 4 rings (SSSR count). The maximum Gasteiger partial charge on any atom is 0.161 e. The van der Waals surface area contributed by atoms with E-state index in [9.17, 15) is 17.6 Å². The summed E-state index contributed by atoms with van der Waals surface area (Å²) in [4.78, 5) is 0. The molecule has 0 aliphatic rings. The van der Waals surface area contributed by atoms with Crippen molar-refractivity contribution in [2.24, 2.45) is 0 Å². The molecule has 0 N–H and O–H groups in total. The zero-order valence-electron chi connectivity index (χ0n) is 19.1. The second-order valence-corrected chi connectivity index (χ2v) is 17.3. The molecule has 4 aromatic rings. The zero-order valence-corrected chi connectivity index (χ0v) is 22.6. The first-order valence-electron chi connectivity index (χ1n) is 10.1. The summed E-state index contributed by atoms with van der Waals surface area (Å²) in [5.41, 5.74) is 5.43. The Morgan fingerprint density at radius 2 is 1.28 bits per heavy atom. The number of rotatable bonds is 1. The molecule has 0 bridgehead atoms. The van der Waals surface area contributed by atoms with Gasteiger partial charge in [0, 0.05) is 11.6 Å². The molecule has 0 spiro atoms. The third-order valence-corrected chi connectivity index (χ3v) is 5.24. The smallest absolute Gasteiger partial charge is 0.161 e. The summed E-state index contributed by atoms with van der Waals surface area (Å²) in [6.45, 7) is 13.3. The van der Waals surface area contributed by atoms with E-state index in [1.165, 1.54) is 28.3 Å². The van der Waals surface area contributed by atoms with Crippen molar-refractivity contribution in [1.82, 2.24) is 0 Å². The fraction of sp³-hybridized carbons (Fsp3) is 0.231. The summed E-state index contributed by atoms with van der Waals surface area (Å²) in [5.74, 6) is -5.57. The van der Waals surface area contributed by atoms with Crippen LogP contribution >= 0.6 is 0 Å². The molecule has 166 valence electrons. The van der Waals surface area contributed by atoms with Gasteiger partial charge in [0.1, 0.15) is 0 Å². The van der Waals surface area contributed by atoms with Crippen molar-refractivity contribution < 1.29 is 40.9 Å². The van der Waals surface area contributed by atoms with E-state index in [0.29, 0.717) is 5.39 Å². The van der Waals surface area contributed by atoms with Crippen LogP contribution < -0.4 is 0 Å². The van der Waals surface area contributed by atoms with Gasteiger partial charge < -0.3 is 0 Å². The van der Waals surface area contributed by atoms with Gasteiger partial charge in [0.15, 0.2) is 23.3 Å². The summed E-state index contributed by atoms with van der Waals surface area (Å²) in [7, 11) is 0. The van der Waals surface area contributed by atoms with Gasteiger partial charge in [0.2, 0.25) is 0 Å². The number of hydrogen-bond donors (Lipinski definition) is 0. The van der Waals surface area contributed by atoms with Crippen molar-refractivity contribution in [1.29, 1.82) is 0 Å². The molecule has 0 nitrogen and oxygen atoms in total. The van der Waals surface area contributed by atoms with E-state index in [2.05, 4.69) is 46.9 Å². The first kappa shape index (κ1) is 26.5. The number of hydrogen-bond acceptors (Lipinski definition) is 0. The topological polar surface area (TPSA) is 0 Å². The molecule has 0 fully saturated rings. The van der Waals surface area contributed by atoms with Crippen LogP contribution in [0.1, 0.15) is 22.3 Å². The molecule has 32 heavy (non-hydrogen) atoms. The Morgan fingerprint density at radius 3 is 1.72 bits per heavy atom. The molecular formula is C26H26F4SiZr. The average molecular weight is 534 g/mol. The van der Waals surface area contributed by atoms with Crippen LogP contribution in [0, 0.1) is 51.0 Å². The van der Waals surface area contributed by atoms with Crippen molar-refractivity contribution in [3.63, 3.8) is 0 Å². The van der Waals surface area contributed by atoms with Crippen LogP contribution in [0.4, 0.5) is 17.6 Å². The molecule has 0 atom stereocenters. The quantitative estimate of drug-likeness (QED) is 0.100. The number of fused-ring (bicyclic) bond motifs is 1. The average Bonchev–Trinajstić information content (AvgIpc) is 3.24. The summed E-state index contributed by atoms with van der Waals surface area (Å²) >= 11 is 1.74. The van der Waals surface area contributed by atoms with Crippen LogP contribution in [0.5, 0.6) is 0 Å². The van der Waals surface area contributed by atoms with E-state index in [1.54, 1.807) is 53.7 Å². The van der Waals surface area contributed by atoms with Gasteiger partial charge in [-0.25, -0.2) is 17.6 Å². The van der Waals surface area contributed by atoms with Crippen LogP contribution in [-0.4, -0.2) is 5.43 Å². The normalized spacial score (nSPS) is 10.4. The number of benzene rings is 2. The molecule has 0 amide bonds. The third-order valence-electron chi connectivity index (χ3n) is 5.24. The van der Waals surface area contributed by atoms with Gasteiger partial charge in [-0.15, -0.1) is 46.7 Å². The molecule has 0 radical (unpaired) electrons. The Balaban J connectivity index is 0.000000233. The van der Waals surface area contributed by atoms with Gasteiger partial charge in [-0.2, -0.15) is 28.3 Å². The largest absolute Gasteiger partial charge is 0.204 e. The fourth-order valence-electron chi connectivity index (χ4n) is 3.31. The van der Waals surface area contributed by atoms with Crippen molar-refractivity contribution in [2.45, 2.75) is 40.8 Å². The van der Waals surface area contributed by atoms with Gasteiger partial charge in [-0.05, 0) is 0 Å². The summed E-state index contributed by atoms with van der Waals surface area (Å²) in [6.07, 6.45) is 0. The second-order valence-electron chi connectivity index (χ2n) is 7.94. The molecule has 0 saturated heterocycles. The molecule has 6 heteroatoms. The maximum atomic E-state index is 13.8. The van der Waals surface area contributed by atoms with Crippen LogP contribution in [0.25, 0.3) is 21.9 Å². The fourth-order valence-corrected chi connectivity index (χ4v) is 3.31. The Bertz CT molecular complexity index is 1200. The minimum absolute atomic E-state index is 0.143. The summed E-state index contributed by atoms with van der Waals surface area (Å²) in [6, 6.07) is 12.4. The number of aryl methyl sites for hydroxylation is 2. The van der Waals surface area contributed by atoms with Crippen LogP contribution in [0.3, 0.4) is 0 Å². The summed E-state index contributed by atoms with van der Waals surface area (Å²) in [5, 5.41) is 1.30. The maximum absolute atomic E-state index is 13.8. The monoisotopic (exact) mass is 532 g/mol. The molecule has 4 aromatic carbocycles. The Hall–Kier alpha value is -1.78. The molecule has 0 heterocycles. The van der Waals surface area contributed by atoms with Gasteiger partial charge in [0.05, 0.1) is 0 Å². The Morgan fingerprint density at radius 1 is 0.812 bits per heavy atom. The van der Waals surface area contributed by atoms with Crippen LogP contribution in [-0.2, 0) is 23.3 Å². The van der Waals surface area contributed by atoms with E-state index < -0.39 is 28.8 Å². The minimum atomic E-state index is -1.40. The second kappa shape index (κ2) is 11.4. The van der Waals surface area contributed by atoms with Crippen LogP contribution in [0.2, 0.25) is 13.1 Å². The minimum Gasteiger partial charge on any atom is -0.204 e. The van der Waals surface area contributed by atoms with Gasteiger partial charge >= 0.3 is 41.9 Å². The van der Waals surface area contributed by atoms with Crippen LogP contribution in [0.15, 0.2) is 48.5 Å². The molecule has 0 aliphatic carbocycles. The molecule has 0 aliphatic heterocycles. The predicted molar refractivity (Wildman–Crippen MR) is 123 cm³/mol.